The van der Waals surface area contributed by atoms with Crippen LogP contribution in [0.15, 0.2) is 42.6 Å². The summed E-state index contributed by atoms with van der Waals surface area (Å²) in [5, 5.41) is 3.80. The number of rotatable bonds is 6. The molecule has 140 valence electrons. The number of aromatic nitrogens is 1. The molecule has 0 aliphatic rings. The van der Waals surface area contributed by atoms with Crippen LogP contribution >= 0.6 is 11.6 Å². The molecule has 7 heteroatoms. The molecule has 27 heavy (non-hydrogen) atoms. The molecule has 0 aliphatic carbocycles. The van der Waals surface area contributed by atoms with Crippen molar-refractivity contribution in [2.45, 2.75) is 13.8 Å². The summed E-state index contributed by atoms with van der Waals surface area (Å²) in [7, 11) is 0. The van der Waals surface area contributed by atoms with E-state index in [9.17, 15) is 9.18 Å². The fourth-order valence-electron chi connectivity index (χ4n) is 2.64. The quantitative estimate of drug-likeness (QED) is 0.577. The average molecular weight is 389 g/mol. The number of pyridine rings is 1. The van der Waals surface area contributed by atoms with Crippen molar-refractivity contribution in [2.24, 2.45) is 0 Å². The van der Waals surface area contributed by atoms with E-state index in [2.05, 4.69) is 10.3 Å². The molecule has 0 atom stereocenters. The third-order valence-corrected chi connectivity index (χ3v) is 4.12. The zero-order valence-corrected chi connectivity index (χ0v) is 15.6. The number of nitrogens with zero attached hydrogens (tertiary/aromatic N) is 1. The van der Waals surface area contributed by atoms with Gasteiger partial charge in [-0.05, 0) is 50.2 Å². The molecule has 3 aromatic rings. The summed E-state index contributed by atoms with van der Waals surface area (Å²) in [4.78, 5) is 16.7. The van der Waals surface area contributed by atoms with Crippen LogP contribution in [0.5, 0.6) is 5.75 Å². The van der Waals surface area contributed by atoms with Gasteiger partial charge < -0.3 is 14.8 Å². The van der Waals surface area contributed by atoms with Crippen LogP contribution in [-0.2, 0) is 4.74 Å². The van der Waals surface area contributed by atoms with Crippen molar-refractivity contribution < 1.29 is 18.7 Å². The summed E-state index contributed by atoms with van der Waals surface area (Å²) in [6, 6.07) is 9.64. The Labute approximate surface area is 161 Å². The highest BCUT2D eigenvalue weighted by atomic mass is 35.5. The third-order valence-electron chi connectivity index (χ3n) is 3.83. The lowest BCUT2D eigenvalue weighted by molar-refractivity contribution is 0.0527. The van der Waals surface area contributed by atoms with Crippen molar-refractivity contribution in [1.82, 2.24) is 4.98 Å². The highest BCUT2D eigenvalue weighted by molar-refractivity contribution is 6.31. The van der Waals surface area contributed by atoms with E-state index in [-0.39, 0.29) is 17.2 Å². The van der Waals surface area contributed by atoms with E-state index >= 15 is 0 Å². The Morgan fingerprint density at radius 3 is 2.70 bits per heavy atom. The van der Waals surface area contributed by atoms with E-state index in [0.29, 0.717) is 34.6 Å². The maximum absolute atomic E-state index is 13.5. The zero-order valence-electron chi connectivity index (χ0n) is 14.9. The van der Waals surface area contributed by atoms with Gasteiger partial charge in [-0.2, -0.15) is 0 Å². The second kappa shape index (κ2) is 8.22. The van der Waals surface area contributed by atoms with Crippen molar-refractivity contribution >= 4 is 39.8 Å². The second-order valence-electron chi connectivity index (χ2n) is 5.63. The van der Waals surface area contributed by atoms with E-state index < -0.39 is 11.8 Å². The van der Waals surface area contributed by atoms with Crippen LogP contribution in [0.25, 0.3) is 10.9 Å². The minimum absolute atomic E-state index is 0.0222. The van der Waals surface area contributed by atoms with Gasteiger partial charge in [-0.25, -0.2) is 9.18 Å². The number of ether oxygens (including phenoxy) is 2. The normalized spacial score (nSPS) is 10.7. The minimum Gasteiger partial charge on any atom is -0.494 e. The van der Waals surface area contributed by atoms with Crippen LogP contribution in [-0.4, -0.2) is 24.2 Å². The predicted molar refractivity (Wildman–Crippen MR) is 104 cm³/mol. The summed E-state index contributed by atoms with van der Waals surface area (Å²) < 4.78 is 24.2. The standard InChI is InChI=1S/C20H18ClFN2O3/c1-3-26-13-6-8-18-14(10-13)19(15(11-23-18)20(25)27-4-2)24-12-5-7-17(22)16(21)9-12/h5-11H,3-4H2,1-2H3,(H,23,24). The van der Waals surface area contributed by atoms with Gasteiger partial charge in [0, 0.05) is 17.3 Å². The summed E-state index contributed by atoms with van der Waals surface area (Å²) in [5.74, 6) is -0.386. The largest absolute Gasteiger partial charge is 0.494 e. The van der Waals surface area contributed by atoms with E-state index in [0.717, 1.165) is 0 Å². The van der Waals surface area contributed by atoms with Crippen LogP contribution in [0.3, 0.4) is 0 Å². The molecule has 1 heterocycles. The Morgan fingerprint density at radius 1 is 1.19 bits per heavy atom. The van der Waals surface area contributed by atoms with Gasteiger partial charge in [0.1, 0.15) is 17.1 Å². The first kappa shape index (κ1) is 18.9. The number of fused-ring (bicyclic) bond motifs is 1. The molecule has 0 fully saturated rings. The molecule has 0 unspecified atom stereocenters. The number of hydrogen-bond donors (Lipinski definition) is 1. The van der Waals surface area contributed by atoms with Gasteiger partial charge in [-0.1, -0.05) is 11.6 Å². The molecule has 0 bridgehead atoms. The van der Waals surface area contributed by atoms with Crippen molar-refractivity contribution in [3.8, 4) is 5.75 Å². The molecular formula is C20H18ClFN2O3. The van der Waals surface area contributed by atoms with Gasteiger partial charge in [0.15, 0.2) is 0 Å². The lowest BCUT2D eigenvalue weighted by atomic mass is 10.1. The molecule has 5 nitrogen and oxygen atoms in total. The monoisotopic (exact) mass is 388 g/mol. The number of hydrogen-bond acceptors (Lipinski definition) is 5. The van der Waals surface area contributed by atoms with E-state index in [4.69, 9.17) is 21.1 Å². The number of halogens is 2. The first-order chi connectivity index (χ1) is 13.0. The molecular weight excluding hydrogens is 371 g/mol. The third kappa shape index (κ3) is 4.11. The fraction of sp³-hybridized carbons (Fsp3) is 0.200. The Bertz CT molecular complexity index is 994. The van der Waals surface area contributed by atoms with Crippen molar-refractivity contribution in [2.75, 3.05) is 18.5 Å². The highest BCUT2D eigenvalue weighted by Crippen LogP contribution is 2.33. The Kier molecular flexibility index (Phi) is 5.76. The summed E-state index contributed by atoms with van der Waals surface area (Å²) >= 11 is 5.88. The predicted octanol–water partition coefficient (Wildman–Crippen LogP) is 5.35. The van der Waals surface area contributed by atoms with Gasteiger partial charge in [-0.15, -0.1) is 0 Å². The summed E-state index contributed by atoms with van der Waals surface area (Å²) in [6.07, 6.45) is 1.45. The number of carbonyl (C=O) groups is 1. The molecule has 0 saturated heterocycles. The molecule has 0 radical (unpaired) electrons. The minimum atomic E-state index is -0.522. The van der Waals surface area contributed by atoms with Crippen LogP contribution in [0.4, 0.5) is 15.8 Å². The van der Waals surface area contributed by atoms with Crippen molar-refractivity contribution in [3.05, 3.63) is 59.0 Å². The van der Waals surface area contributed by atoms with Gasteiger partial charge in [0.05, 0.1) is 29.4 Å². The number of carbonyl (C=O) groups excluding carboxylic acids is 1. The smallest absolute Gasteiger partial charge is 0.341 e. The van der Waals surface area contributed by atoms with Crippen LogP contribution in [0.2, 0.25) is 5.02 Å². The van der Waals surface area contributed by atoms with Gasteiger partial charge in [0.2, 0.25) is 0 Å². The Morgan fingerprint density at radius 2 is 2.00 bits per heavy atom. The first-order valence-electron chi connectivity index (χ1n) is 8.48. The topological polar surface area (TPSA) is 60.5 Å². The molecule has 0 amide bonds. The molecule has 0 aliphatic heterocycles. The first-order valence-corrected chi connectivity index (χ1v) is 8.86. The maximum Gasteiger partial charge on any atom is 0.341 e. The molecule has 0 spiro atoms. The van der Waals surface area contributed by atoms with Crippen molar-refractivity contribution in [1.29, 1.82) is 0 Å². The summed E-state index contributed by atoms with van der Waals surface area (Å²) in [6.45, 7) is 4.36. The molecule has 3 rings (SSSR count). The lowest BCUT2D eigenvalue weighted by Crippen LogP contribution is -2.09. The van der Waals surface area contributed by atoms with Crippen LogP contribution in [0, 0.1) is 5.82 Å². The maximum atomic E-state index is 13.5. The molecule has 0 saturated carbocycles. The van der Waals surface area contributed by atoms with E-state index in [1.54, 1.807) is 25.1 Å². The van der Waals surface area contributed by atoms with Gasteiger partial charge in [0.25, 0.3) is 0 Å². The fourth-order valence-corrected chi connectivity index (χ4v) is 2.83. The lowest BCUT2D eigenvalue weighted by Gasteiger charge is -2.15. The molecule has 2 aromatic carbocycles. The van der Waals surface area contributed by atoms with Gasteiger partial charge >= 0.3 is 5.97 Å². The van der Waals surface area contributed by atoms with Crippen LogP contribution in [0.1, 0.15) is 24.2 Å². The Balaban J connectivity index is 2.16. The number of anilines is 2. The molecule has 1 aromatic heterocycles. The van der Waals surface area contributed by atoms with E-state index in [1.165, 1.54) is 24.4 Å². The highest BCUT2D eigenvalue weighted by Gasteiger charge is 2.18. The SMILES string of the molecule is CCOC(=O)c1cnc2ccc(OCC)cc2c1Nc1ccc(F)c(Cl)c1. The number of esters is 1. The van der Waals surface area contributed by atoms with Gasteiger partial charge in [-0.3, -0.25) is 4.98 Å². The van der Waals surface area contributed by atoms with E-state index in [1.807, 2.05) is 6.92 Å². The number of benzene rings is 2. The zero-order chi connectivity index (χ0) is 19.4. The number of nitrogens with one attached hydrogen (secondary N) is 1. The average Bonchev–Trinajstić information content (AvgIpc) is 2.65. The summed E-state index contributed by atoms with van der Waals surface area (Å²) in [5.41, 5.74) is 1.95. The molecule has 1 N–H and O–H groups in total. The van der Waals surface area contributed by atoms with Crippen molar-refractivity contribution in [3.63, 3.8) is 0 Å². The van der Waals surface area contributed by atoms with Crippen LogP contribution < -0.4 is 10.1 Å². The Hall–Kier alpha value is -2.86. The second-order valence-corrected chi connectivity index (χ2v) is 6.04.